The maximum Gasteiger partial charge on any atom is 0.254 e. The first-order valence-electron chi connectivity index (χ1n) is 7.01. The zero-order chi connectivity index (χ0) is 14.5. The number of amides is 1. The van der Waals surface area contributed by atoms with Crippen molar-refractivity contribution in [2.75, 3.05) is 46.3 Å². The fourth-order valence-electron chi connectivity index (χ4n) is 2.30. The molecule has 0 saturated carbocycles. The first-order valence-corrected chi connectivity index (χ1v) is 7.01. The van der Waals surface area contributed by atoms with Gasteiger partial charge in [0, 0.05) is 39.3 Å². The van der Waals surface area contributed by atoms with Crippen molar-refractivity contribution >= 4 is 5.91 Å². The van der Waals surface area contributed by atoms with Crippen LogP contribution in [0.1, 0.15) is 15.9 Å². The molecule has 0 spiro atoms. The summed E-state index contributed by atoms with van der Waals surface area (Å²) in [5.74, 6) is -0.793. The lowest BCUT2D eigenvalue weighted by molar-refractivity contribution is 0.0937. The van der Waals surface area contributed by atoms with E-state index in [1.807, 2.05) is 0 Å². The van der Waals surface area contributed by atoms with Gasteiger partial charge in [0.25, 0.3) is 5.91 Å². The van der Waals surface area contributed by atoms with Crippen LogP contribution in [0.5, 0.6) is 0 Å². The zero-order valence-electron chi connectivity index (χ0n) is 12.2. The second kappa shape index (κ2) is 6.81. The van der Waals surface area contributed by atoms with Gasteiger partial charge in [0.2, 0.25) is 0 Å². The zero-order valence-corrected chi connectivity index (χ0v) is 12.2. The van der Waals surface area contributed by atoms with Crippen LogP contribution in [-0.2, 0) is 0 Å². The third-order valence-electron chi connectivity index (χ3n) is 3.68. The molecular formula is C15H22FN3O. The van der Waals surface area contributed by atoms with Gasteiger partial charge in [0.1, 0.15) is 5.82 Å². The number of hydrogen-bond donors (Lipinski definition) is 1. The number of carbonyl (C=O) groups is 1. The van der Waals surface area contributed by atoms with Gasteiger partial charge in [0.05, 0.1) is 5.56 Å². The summed E-state index contributed by atoms with van der Waals surface area (Å²) in [4.78, 5) is 16.5. The number of aryl methyl sites for hydroxylation is 1. The largest absolute Gasteiger partial charge is 0.351 e. The molecule has 0 unspecified atom stereocenters. The van der Waals surface area contributed by atoms with E-state index in [0.717, 1.165) is 38.3 Å². The summed E-state index contributed by atoms with van der Waals surface area (Å²) in [6.45, 7) is 7.32. The fourth-order valence-corrected chi connectivity index (χ4v) is 2.30. The molecule has 4 nitrogen and oxygen atoms in total. The van der Waals surface area contributed by atoms with E-state index in [1.165, 1.54) is 12.1 Å². The minimum atomic E-state index is -0.456. The van der Waals surface area contributed by atoms with Crippen LogP contribution < -0.4 is 5.32 Å². The molecule has 0 aromatic heterocycles. The van der Waals surface area contributed by atoms with E-state index in [1.54, 1.807) is 13.0 Å². The molecule has 20 heavy (non-hydrogen) atoms. The quantitative estimate of drug-likeness (QED) is 0.897. The van der Waals surface area contributed by atoms with Crippen molar-refractivity contribution in [2.24, 2.45) is 0 Å². The molecule has 1 heterocycles. The molecule has 110 valence electrons. The number of rotatable bonds is 4. The van der Waals surface area contributed by atoms with Crippen LogP contribution in [0.15, 0.2) is 18.2 Å². The van der Waals surface area contributed by atoms with Crippen LogP contribution in [0.2, 0.25) is 0 Å². The Labute approximate surface area is 119 Å². The van der Waals surface area contributed by atoms with Crippen molar-refractivity contribution in [2.45, 2.75) is 6.92 Å². The average molecular weight is 279 g/mol. The SMILES string of the molecule is Cc1ccc(C(=O)NCCN2CCN(C)CC2)c(F)c1. The molecule has 0 aliphatic carbocycles. The number of piperazine rings is 1. The highest BCUT2D eigenvalue weighted by Crippen LogP contribution is 2.09. The molecule has 1 aromatic carbocycles. The molecule has 1 aromatic rings. The van der Waals surface area contributed by atoms with Gasteiger partial charge in [-0.05, 0) is 31.7 Å². The van der Waals surface area contributed by atoms with Crippen LogP contribution in [0.4, 0.5) is 4.39 Å². The predicted octanol–water partition coefficient (Wildman–Crippen LogP) is 1.11. The van der Waals surface area contributed by atoms with Crippen LogP contribution in [0.25, 0.3) is 0 Å². The van der Waals surface area contributed by atoms with Crippen molar-refractivity contribution in [3.63, 3.8) is 0 Å². The number of benzene rings is 1. The summed E-state index contributed by atoms with van der Waals surface area (Å²) in [5, 5.41) is 2.78. The Morgan fingerprint density at radius 1 is 1.30 bits per heavy atom. The third-order valence-corrected chi connectivity index (χ3v) is 3.68. The summed E-state index contributed by atoms with van der Waals surface area (Å²) < 4.78 is 13.6. The van der Waals surface area contributed by atoms with E-state index >= 15 is 0 Å². The average Bonchev–Trinajstić information content (AvgIpc) is 2.41. The highest BCUT2D eigenvalue weighted by molar-refractivity contribution is 5.94. The molecule has 0 radical (unpaired) electrons. The highest BCUT2D eigenvalue weighted by Gasteiger charge is 2.14. The Kier molecular flexibility index (Phi) is 5.09. The van der Waals surface area contributed by atoms with Crippen molar-refractivity contribution in [3.8, 4) is 0 Å². The number of hydrogen-bond acceptors (Lipinski definition) is 3. The molecule has 1 N–H and O–H groups in total. The summed E-state index contributed by atoms with van der Waals surface area (Å²) in [6.07, 6.45) is 0. The standard InChI is InChI=1S/C15H22FN3O/c1-12-3-4-13(14(16)11-12)15(20)17-5-6-19-9-7-18(2)8-10-19/h3-4,11H,5-10H2,1-2H3,(H,17,20). The number of likely N-dealkylation sites (N-methyl/N-ethyl adjacent to an activating group) is 1. The molecule has 1 aliphatic rings. The summed E-state index contributed by atoms with van der Waals surface area (Å²) in [6, 6.07) is 4.67. The van der Waals surface area contributed by atoms with Gasteiger partial charge in [-0.15, -0.1) is 0 Å². The molecule has 1 fully saturated rings. The van der Waals surface area contributed by atoms with E-state index in [0.29, 0.717) is 6.54 Å². The van der Waals surface area contributed by atoms with Crippen LogP contribution in [0, 0.1) is 12.7 Å². The Morgan fingerprint density at radius 3 is 2.65 bits per heavy atom. The molecule has 1 saturated heterocycles. The summed E-state index contributed by atoms with van der Waals surface area (Å²) in [5.41, 5.74) is 0.936. The molecule has 0 bridgehead atoms. The number of nitrogens with one attached hydrogen (secondary N) is 1. The van der Waals surface area contributed by atoms with Gasteiger partial charge in [0.15, 0.2) is 0 Å². The minimum Gasteiger partial charge on any atom is -0.351 e. The van der Waals surface area contributed by atoms with Gasteiger partial charge in [-0.3, -0.25) is 9.69 Å². The molecule has 1 amide bonds. The normalized spacial score (nSPS) is 17.1. The first-order chi connectivity index (χ1) is 9.56. The topological polar surface area (TPSA) is 35.6 Å². The Morgan fingerprint density at radius 2 is 2.00 bits per heavy atom. The number of halogens is 1. The summed E-state index contributed by atoms with van der Waals surface area (Å²) in [7, 11) is 2.11. The number of carbonyl (C=O) groups excluding carboxylic acids is 1. The molecule has 5 heteroatoms. The smallest absolute Gasteiger partial charge is 0.254 e. The van der Waals surface area contributed by atoms with Gasteiger partial charge in [-0.1, -0.05) is 6.07 Å². The van der Waals surface area contributed by atoms with Crippen molar-refractivity contribution in [1.82, 2.24) is 15.1 Å². The molecule has 0 atom stereocenters. The Hall–Kier alpha value is -1.46. The fraction of sp³-hybridized carbons (Fsp3) is 0.533. The minimum absolute atomic E-state index is 0.119. The lowest BCUT2D eigenvalue weighted by Gasteiger charge is -2.32. The van der Waals surface area contributed by atoms with Crippen LogP contribution >= 0.6 is 0 Å². The monoisotopic (exact) mass is 279 g/mol. The first kappa shape index (κ1) is 14.9. The molecular weight excluding hydrogens is 257 g/mol. The van der Waals surface area contributed by atoms with E-state index in [9.17, 15) is 9.18 Å². The van der Waals surface area contributed by atoms with E-state index in [2.05, 4.69) is 22.2 Å². The van der Waals surface area contributed by atoms with Crippen LogP contribution in [0.3, 0.4) is 0 Å². The van der Waals surface area contributed by atoms with Gasteiger partial charge >= 0.3 is 0 Å². The van der Waals surface area contributed by atoms with Crippen molar-refractivity contribution < 1.29 is 9.18 Å². The van der Waals surface area contributed by atoms with E-state index in [4.69, 9.17) is 0 Å². The third kappa shape index (κ3) is 4.02. The highest BCUT2D eigenvalue weighted by atomic mass is 19.1. The van der Waals surface area contributed by atoms with E-state index in [-0.39, 0.29) is 11.5 Å². The molecule has 2 rings (SSSR count). The lowest BCUT2D eigenvalue weighted by atomic mass is 10.1. The number of nitrogens with zero attached hydrogens (tertiary/aromatic N) is 2. The Bertz CT molecular complexity index is 470. The Balaban J connectivity index is 1.77. The maximum absolute atomic E-state index is 13.6. The van der Waals surface area contributed by atoms with Gasteiger partial charge in [-0.25, -0.2) is 4.39 Å². The molecule has 1 aliphatic heterocycles. The lowest BCUT2D eigenvalue weighted by Crippen LogP contribution is -2.46. The van der Waals surface area contributed by atoms with Crippen LogP contribution in [-0.4, -0.2) is 62.0 Å². The predicted molar refractivity (Wildman–Crippen MR) is 77.4 cm³/mol. The van der Waals surface area contributed by atoms with Gasteiger partial charge in [-0.2, -0.15) is 0 Å². The second-order valence-corrected chi connectivity index (χ2v) is 5.38. The summed E-state index contributed by atoms with van der Waals surface area (Å²) >= 11 is 0. The maximum atomic E-state index is 13.6. The van der Waals surface area contributed by atoms with Crippen molar-refractivity contribution in [3.05, 3.63) is 35.1 Å². The van der Waals surface area contributed by atoms with E-state index < -0.39 is 5.82 Å². The van der Waals surface area contributed by atoms with Crippen molar-refractivity contribution in [1.29, 1.82) is 0 Å². The van der Waals surface area contributed by atoms with Gasteiger partial charge < -0.3 is 10.2 Å². The second-order valence-electron chi connectivity index (χ2n) is 5.38.